The number of carbonyl (C=O) groups is 1. The van der Waals surface area contributed by atoms with Gasteiger partial charge in [0.15, 0.2) is 0 Å². The maximum atomic E-state index is 10.4. The first-order chi connectivity index (χ1) is 7.11. The number of nitrogens with one attached hydrogen (secondary N) is 1. The van der Waals surface area contributed by atoms with E-state index >= 15 is 0 Å². The van der Waals surface area contributed by atoms with Crippen molar-refractivity contribution in [3.8, 4) is 0 Å². The molecule has 0 aliphatic heterocycles. The van der Waals surface area contributed by atoms with Gasteiger partial charge in [0, 0.05) is 12.5 Å². The normalized spacial score (nSPS) is 27.4. The standard InChI is InChI=1S/C9H15ClN2O3/c10-8(12-15)5-6-1-3-7(4-2-6)11-9(13)14/h6-7,11,15H,1-5H2,(H,13,14)/b12-8-. The van der Waals surface area contributed by atoms with Gasteiger partial charge in [-0.15, -0.1) is 0 Å². The number of halogens is 1. The Morgan fingerprint density at radius 2 is 2.00 bits per heavy atom. The van der Waals surface area contributed by atoms with Gasteiger partial charge in [-0.2, -0.15) is 0 Å². The highest BCUT2D eigenvalue weighted by Crippen LogP contribution is 2.27. The largest absolute Gasteiger partial charge is 0.465 e. The van der Waals surface area contributed by atoms with Gasteiger partial charge in [-0.05, 0) is 31.6 Å². The smallest absolute Gasteiger partial charge is 0.404 e. The third kappa shape index (κ3) is 4.38. The summed E-state index contributed by atoms with van der Waals surface area (Å²) in [5, 5.41) is 22.6. The van der Waals surface area contributed by atoms with Crippen LogP contribution in [0.3, 0.4) is 0 Å². The Kier molecular flexibility index (Phi) is 4.68. The summed E-state index contributed by atoms with van der Waals surface area (Å²) in [4.78, 5) is 10.4. The van der Waals surface area contributed by atoms with Crippen LogP contribution in [0.4, 0.5) is 4.79 Å². The second-order valence-corrected chi connectivity index (χ2v) is 4.28. The molecule has 1 fully saturated rings. The quantitative estimate of drug-likeness (QED) is 0.398. The lowest BCUT2D eigenvalue weighted by molar-refractivity contribution is 0.182. The summed E-state index contributed by atoms with van der Waals surface area (Å²) in [5.41, 5.74) is 0. The fourth-order valence-electron chi connectivity index (χ4n) is 1.96. The zero-order chi connectivity index (χ0) is 11.3. The van der Waals surface area contributed by atoms with Crippen molar-refractivity contribution < 1.29 is 15.1 Å². The maximum absolute atomic E-state index is 10.4. The van der Waals surface area contributed by atoms with Gasteiger partial charge in [0.1, 0.15) is 5.17 Å². The van der Waals surface area contributed by atoms with Gasteiger partial charge in [0.05, 0.1) is 0 Å². The van der Waals surface area contributed by atoms with Crippen molar-refractivity contribution >= 4 is 22.9 Å². The average molecular weight is 235 g/mol. The molecular weight excluding hydrogens is 220 g/mol. The molecule has 86 valence electrons. The molecule has 5 nitrogen and oxygen atoms in total. The summed E-state index contributed by atoms with van der Waals surface area (Å²) in [6.07, 6.45) is 3.10. The molecule has 1 rings (SSSR count). The lowest BCUT2D eigenvalue weighted by atomic mass is 9.84. The Morgan fingerprint density at radius 1 is 1.40 bits per heavy atom. The van der Waals surface area contributed by atoms with Crippen LogP contribution in [-0.2, 0) is 0 Å². The van der Waals surface area contributed by atoms with Crippen LogP contribution in [0.25, 0.3) is 0 Å². The molecule has 3 N–H and O–H groups in total. The third-order valence-electron chi connectivity index (χ3n) is 2.74. The Labute approximate surface area is 93.1 Å². The molecule has 0 aromatic rings. The highest BCUT2D eigenvalue weighted by Gasteiger charge is 2.23. The molecule has 1 saturated carbocycles. The predicted molar refractivity (Wildman–Crippen MR) is 56.6 cm³/mol. The molecule has 0 radical (unpaired) electrons. The Bertz CT molecular complexity index is 250. The fraction of sp³-hybridized carbons (Fsp3) is 0.778. The van der Waals surface area contributed by atoms with Gasteiger partial charge < -0.3 is 15.6 Å². The van der Waals surface area contributed by atoms with Gasteiger partial charge in [-0.3, -0.25) is 0 Å². The summed E-state index contributed by atoms with van der Waals surface area (Å²) < 4.78 is 0. The maximum Gasteiger partial charge on any atom is 0.404 e. The molecule has 0 aromatic carbocycles. The van der Waals surface area contributed by atoms with Crippen LogP contribution in [0.5, 0.6) is 0 Å². The SMILES string of the molecule is O=C(O)NC1CCC(C/C(Cl)=N/O)CC1. The molecule has 1 aliphatic carbocycles. The average Bonchev–Trinajstić information content (AvgIpc) is 2.20. The summed E-state index contributed by atoms with van der Waals surface area (Å²) in [6, 6.07) is 0.0589. The van der Waals surface area contributed by atoms with Crippen molar-refractivity contribution in [1.29, 1.82) is 0 Å². The minimum Gasteiger partial charge on any atom is -0.465 e. The van der Waals surface area contributed by atoms with E-state index in [1.165, 1.54) is 0 Å². The number of oxime groups is 1. The van der Waals surface area contributed by atoms with Crippen molar-refractivity contribution in [3.63, 3.8) is 0 Å². The minimum absolute atomic E-state index is 0.0589. The van der Waals surface area contributed by atoms with E-state index in [4.69, 9.17) is 21.9 Å². The van der Waals surface area contributed by atoms with Crippen molar-refractivity contribution in [2.45, 2.75) is 38.1 Å². The molecule has 0 saturated heterocycles. The molecule has 0 unspecified atom stereocenters. The van der Waals surface area contributed by atoms with Gasteiger partial charge in [-0.1, -0.05) is 16.8 Å². The van der Waals surface area contributed by atoms with Crippen LogP contribution >= 0.6 is 11.6 Å². The molecule has 1 amide bonds. The van der Waals surface area contributed by atoms with Crippen molar-refractivity contribution in [2.24, 2.45) is 11.1 Å². The summed E-state index contributed by atoms with van der Waals surface area (Å²) >= 11 is 5.61. The van der Waals surface area contributed by atoms with Gasteiger partial charge >= 0.3 is 6.09 Å². The number of hydrogen-bond acceptors (Lipinski definition) is 3. The second-order valence-electron chi connectivity index (χ2n) is 3.85. The highest BCUT2D eigenvalue weighted by molar-refractivity contribution is 6.65. The van der Waals surface area contributed by atoms with Gasteiger partial charge in [-0.25, -0.2) is 4.79 Å². The Morgan fingerprint density at radius 3 is 2.47 bits per heavy atom. The first-order valence-electron chi connectivity index (χ1n) is 4.97. The second kappa shape index (κ2) is 5.80. The molecule has 1 aliphatic rings. The Balaban J connectivity index is 2.26. The lowest BCUT2D eigenvalue weighted by Crippen LogP contribution is -2.36. The van der Waals surface area contributed by atoms with Crippen LogP contribution in [0, 0.1) is 5.92 Å². The molecule has 0 aromatic heterocycles. The van der Waals surface area contributed by atoms with Gasteiger partial charge in [0.2, 0.25) is 0 Å². The summed E-state index contributed by atoms with van der Waals surface area (Å²) in [5.74, 6) is 0.403. The Hall–Kier alpha value is -0.970. The monoisotopic (exact) mass is 234 g/mol. The van der Waals surface area contributed by atoms with Gasteiger partial charge in [0.25, 0.3) is 0 Å². The molecule has 6 heteroatoms. The summed E-state index contributed by atoms with van der Waals surface area (Å²) in [6.45, 7) is 0. The first kappa shape index (κ1) is 12.1. The number of carboxylic acid groups (broad SMARTS) is 1. The van der Waals surface area contributed by atoms with E-state index in [0.29, 0.717) is 12.3 Å². The zero-order valence-electron chi connectivity index (χ0n) is 8.32. The van der Waals surface area contributed by atoms with E-state index in [1.54, 1.807) is 0 Å². The van der Waals surface area contributed by atoms with Crippen LogP contribution < -0.4 is 5.32 Å². The molecule has 0 heterocycles. The number of hydrogen-bond donors (Lipinski definition) is 3. The molecule has 0 bridgehead atoms. The van der Waals surface area contributed by atoms with E-state index < -0.39 is 6.09 Å². The van der Waals surface area contributed by atoms with Crippen LogP contribution in [0.2, 0.25) is 0 Å². The lowest BCUT2D eigenvalue weighted by Gasteiger charge is -2.27. The molecule has 15 heavy (non-hydrogen) atoms. The number of nitrogens with zero attached hydrogens (tertiary/aromatic N) is 1. The van der Waals surface area contributed by atoms with E-state index in [2.05, 4.69) is 10.5 Å². The van der Waals surface area contributed by atoms with E-state index in [9.17, 15) is 4.79 Å². The predicted octanol–water partition coefficient (Wildman–Crippen LogP) is 2.23. The van der Waals surface area contributed by atoms with Crippen LogP contribution in [-0.4, -0.2) is 27.6 Å². The molecule has 0 spiro atoms. The number of amides is 1. The van der Waals surface area contributed by atoms with Crippen molar-refractivity contribution in [2.75, 3.05) is 0 Å². The third-order valence-corrected chi connectivity index (χ3v) is 2.97. The topological polar surface area (TPSA) is 81.9 Å². The number of rotatable bonds is 3. The van der Waals surface area contributed by atoms with Crippen molar-refractivity contribution in [3.05, 3.63) is 0 Å². The molecular formula is C9H15ClN2O3. The zero-order valence-corrected chi connectivity index (χ0v) is 9.07. The van der Waals surface area contributed by atoms with Crippen LogP contribution in [0.15, 0.2) is 5.16 Å². The van der Waals surface area contributed by atoms with Crippen LogP contribution in [0.1, 0.15) is 32.1 Å². The fourth-order valence-corrected chi connectivity index (χ4v) is 2.18. The molecule has 0 atom stereocenters. The first-order valence-corrected chi connectivity index (χ1v) is 5.35. The van der Waals surface area contributed by atoms with E-state index in [-0.39, 0.29) is 11.2 Å². The van der Waals surface area contributed by atoms with E-state index in [1.807, 2.05) is 0 Å². The van der Waals surface area contributed by atoms with E-state index in [0.717, 1.165) is 25.7 Å². The summed E-state index contributed by atoms with van der Waals surface area (Å²) in [7, 11) is 0. The minimum atomic E-state index is -0.964. The van der Waals surface area contributed by atoms with Crippen molar-refractivity contribution in [1.82, 2.24) is 5.32 Å². The highest BCUT2D eigenvalue weighted by atomic mass is 35.5.